The molecule has 15 heavy (non-hydrogen) atoms. The van der Waals surface area contributed by atoms with Crippen LogP contribution in [0.1, 0.15) is 46.5 Å². The molecular formula is C13H27NO. The third-order valence-electron chi connectivity index (χ3n) is 3.10. The summed E-state index contributed by atoms with van der Waals surface area (Å²) in [5.74, 6) is 1.65. The van der Waals surface area contributed by atoms with Crippen molar-refractivity contribution in [2.45, 2.75) is 52.5 Å². The first-order valence-corrected chi connectivity index (χ1v) is 6.49. The van der Waals surface area contributed by atoms with Crippen LogP contribution in [0.3, 0.4) is 0 Å². The van der Waals surface area contributed by atoms with Crippen LogP contribution in [0.4, 0.5) is 0 Å². The second-order valence-electron chi connectivity index (χ2n) is 5.36. The molecule has 1 rings (SSSR count). The zero-order chi connectivity index (χ0) is 11.1. The molecule has 0 bridgehead atoms. The van der Waals surface area contributed by atoms with Gasteiger partial charge in [0.05, 0.1) is 6.61 Å². The molecule has 1 saturated carbocycles. The van der Waals surface area contributed by atoms with Gasteiger partial charge in [-0.2, -0.15) is 0 Å². The highest BCUT2D eigenvalue weighted by Gasteiger charge is 2.19. The van der Waals surface area contributed by atoms with Crippen LogP contribution in [-0.4, -0.2) is 25.8 Å². The summed E-state index contributed by atoms with van der Waals surface area (Å²) in [6.45, 7) is 9.41. The van der Waals surface area contributed by atoms with Crippen LogP contribution in [-0.2, 0) is 4.74 Å². The molecule has 1 unspecified atom stereocenters. The average Bonchev–Trinajstić information content (AvgIpc) is 2.10. The summed E-state index contributed by atoms with van der Waals surface area (Å²) in [5, 5.41) is 3.53. The Balaban J connectivity index is 1.85. The molecule has 0 radical (unpaired) electrons. The largest absolute Gasteiger partial charge is 0.380 e. The summed E-state index contributed by atoms with van der Waals surface area (Å²) < 4.78 is 5.53. The van der Waals surface area contributed by atoms with Crippen LogP contribution in [0.15, 0.2) is 0 Å². The summed E-state index contributed by atoms with van der Waals surface area (Å²) in [5.41, 5.74) is 0. The van der Waals surface area contributed by atoms with Crippen LogP contribution in [0, 0.1) is 11.8 Å². The Morgan fingerprint density at radius 1 is 1.27 bits per heavy atom. The number of hydrogen-bond donors (Lipinski definition) is 1. The van der Waals surface area contributed by atoms with Gasteiger partial charge in [0.2, 0.25) is 0 Å². The third-order valence-corrected chi connectivity index (χ3v) is 3.10. The minimum absolute atomic E-state index is 0.650. The van der Waals surface area contributed by atoms with Crippen LogP contribution >= 0.6 is 0 Å². The Morgan fingerprint density at radius 3 is 2.53 bits per heavy atom. The third kappa shape index (κ3) is 6.16. The normalized spacial score (nSPS) is 19.2. The van der Waals surface area contributed by atoms with Crippen LogP contribution in [0.25, 0.3) is 0 Å². The molecule has 2 heteroatoms. The summed E-state index contributed by atoms with van der Waals surface area (Å²) in [6, 6.07) is 0.665. The molecule has 2 nitrogen and oxygen atoms in total. The van der Waals surface area contributed by atoms with E-state index >= 15 is 0 Å². The fraction of sp³-hybridized carbons (Fsp3) is 1.00. The first kappa shape index (κ1) is 13.0. The minimum Gasteiger partial charge on any atom is -0.380 e. The summed E-state index contributed by atoms with van der Waals surface area (Å²) in [6.07, 6.45) is 5.71. The smallest absolute Gasteiger partial charge is 0.0591 e. The first-order chi connectivity index (χ1) is 7.18. The molecule has 0 saturated heterocycles. The molecule has 0 amide bonds. The van der Waals surface area contributed by atoms with E-state index in [1.807, 2.05) is 0 Å². The van der Waals surface area contributed by atoms with E-state index in [-0.39, 0.29) is 0 Å². The Labute approximate surface area is 94.8 Å². The predicted octanol–water partition coefficient (Wildman–Crippen LogP) is 2.83. The highest BCUT2D eigenvalue weighted by molar-refractivity contribution is 4.74. The molecule has 1 fully saturated rings. The molecule has 0 aromatic heterocycles. The quantitative estimate of drug-likeness (QED) is 0.626. The highest BCUT2D eigenvalue weighted by Crippen LogP contribution is 2.30. The molecule has 0 aromatic carbocycles. The molecule has 0 aromatic rings. The van der Waals surface area contributed by atoms with Crippen LogP contribution < -0.4 is 5.32 Å². The maximum Gasteiger partial charge on any atom is 0.0591 e. The summed E-state index contributed by atoms with van der Waals surface area (Å²) >= 11 is 0. The van der Waals surface area contributed by atoms with E-state index in [0.29, 0.717) is 12.0 Å². The van der Waals surface area contributed by atoms with Crippen molar-refractivity contribution in [1.82, 2.24) is 5.32 Å². The number of rotatable bonds is 8. The second kappa shape index (κ2) is 7.24. The topological polar surface area (TPSA) is 21.3 Å². The van der Waals surface area contributed by atoms with Crippen molar-refractivity contribution in [3.8, 4) is 0 Å². The number of nitrogens with one attached hydrogen (secondary N) is 1. The fourth-order valence-electron chi connectivity index (χ4n) is 2.01. The average molecular weight is 213 g/mol. The molecule has 1 atom stereocenters. The lowest BCUT2D eigenvalue weighted by Crippen LogP contribution is -2.32. The molecule has 1 aliphatic rings. The van der Waals surface area contributed by atoms with Gasteiger partial charge in [0, 0.05) is 19.2 Å². The van der Waals surface area contributed by atoms with Gasteiger partial charge in [0.15, 0.2) is 0 Å². The molecule has 1 aliphatic carbocycles. The number of hydrogen-bond acceptors (Lipinski definition) is 2. The lowest BCUT2D eigenvalue weighted by atomic mass is 9.81. The fourth-order valence-corrected chi connectivity index (χ4v) is 2.01. The molecular weight excluding hydrogens is 186 g/mol. The van der Waals surface area contributed by atoms with E-state index < -0.39 is 0 Å². The standard InChI is InChI=1S/C13H27NO/c1-11(2)10-15-8-7-14-12(3)9-13-5-4-6-13/h11-14H,4-10H2,1-3H3. The van der Waals surface area contributed by atoms with E-state index in [9.17, 15) is 0 Å². The van der Waals surface area contributed by atoms with Gasteiger partial charge in [-0.3, -0.25) is 0 Å². The van der Waals surface area contributed by atoms with Gasteiger partial charge in [0.1, 0.15) is 0 Å². The van der Waals surface area contributed by atoms with Gasteiger partial charge in [-0.15, -0.1) is 0 Å². The SMILES string of the molecule is CC(C)COCCNC(C)CC1CCC1. The van der Waals surface area contributed by atoms with Gasteiger partial charge in [0.25, 0.3) is 0 Å². The summed E-state index contributed by atoms with van der Waals surface area (Å²) in [4.78, 5) is 0. The Morgan fingerprint density at radius 2 is 2.00 bits per heavy atom. The van der Waals surface area contributed by atoms with Crippen molar-refractivity contribution in [3.05, 3.63) is 0 Å². The van der Waals surface area contributed by atoms with Crippen molar-refractivity contribution < 1.29 is 4.74 Å². The lowest BCUT2D eigenvalue weighted by Gasteiger charge is -2.28. The number of ether oxygens (including phenoxy) is 1. The predicted molar refractivity (Wildman–Crippen MR) is 65.1 cm³/mol. The second-order valence-corrected chi connectivity index (χ2v) is 5.36. The van der Waals surface area contributed by atoms with E-state index in [4.69, 9.17) is 4.74 Å². The summed E-state index contributed by atoms with van der Waals surface area (Å²) in [7, 11) is 0. The van der Waals surface area contributed by atoms with Crippen molar-refractivity contribution in [1.29, 1.82) is 0 Å². The van der Waals surface area contributed by atoms with Gasteiger partial charge in [-0.05, 0) is 25.2 Å². The van der Waals surface area contributed by atoms with E-state index in [1.54, 1.807) is 0 Å². The zero-order valence-corrected chi connectivity index (χ0v) is 10.6. The monoisotopic (exact) mass is 213 g/mol. The van der Waals surface area contributed by atoms with Crippen molar-refractivity contribution >= 4 is 0 Å². The molecule has 90 valence electrons. The molecule has 0 heterocycles. The Kier molecular flexibility index (Phi) is 6.26. The van der Waals surface area contributed by atoms with E-state index in [2.05, 4.69) is 26.1 Å². The van der Waals surface area contributed by atoms with E-state index in [0.717, 1.165) is 25.7 Å². The molecule has 0 aliphatic heterocycles. The van der Waals surface area contributed by atoms with Crippen molar-refractivity contribution in [2.75, 3.05) is 19.8 Å². The Hall–Kier alpha value is -0.0800. The molecule has 0 spiro atoms. The Bertz CT molecular complexity index is 155. The van der Waals surface area contributed by atoms with E-state index in [1.165, 1.54) is 25.7 Å². The minimum atomic E-state index is 0.650. The maximum absolute atomic E-state index is 5.53. The first-order valence-electron chi connectivity index (χ1n) is 6.49. The maximum atomic E-state index is 5.53. The highest BCUT2D eigenvalue weighted by atomic mass is 16.5. The van der Waals surface area contributed by atoms with Crippen LogP contribution in [0.5, 0.6) is 0 Å². The van der Waals surface area contributed by atoms with Crippen molar-refractivity contribution in [3.63, 3.8) is 0 Å². The van der Waals surface area contributed by atoms with Crippen molar-refractivity contribution in [2.24, 2.45) is 11.8 Å². The molecule has 1 N–H and O–H groups in total. The van der Waals surface area contributed by atoms with Crippen LogP contribution in [0.2, 0.25) is 0 Å². The van der Waals surface area contributed by atoms with Gasteiger partial charge in [-0.25, -0.2) is 0 Å². The van der Waals surface area contributed by atoms with Gasteiger partial charge in [-0.1, -0.05) is 33.1 Å². The van der Waals surface area contributed by atoms with Gasteiger partial charge < -0.3 is 10.1 Å². The zero-order valence-electron chi connectivity index (χ0n) is 10.6. The van der Waals surface area contributed by atoms with Gasteiger partial charge >= 0.3 is 0 Å². The lowest BCUT2D eigenvalue weighted by molar-refractivity contribution is 0.109.